The van der Waals surface area contributed by atoms with E-state index in [0.717, 1.165) is 12.2 Å². The molecule has 1 fully saturated rings. The molecule has 1 aromatic rings. The average Bonchev–Trinajstić information content (AvgIpc) is 2.84. The van der Waals surface area contributed by atoms with Crippen LogP contribution in [0.2, 0.25) is 0 Å². The van der Waals surface area contributed by atoms with Gasteiger partial charge in [-0.25, -0.2) is 4.98 Å². The van der Waals surface area contributed by atoms with Crippen LogP contribution in [0.15, 0.2) is 5.38 Å². The predicted molar refractivity (Wildman–Crippen MR) is 60.5 cm³/mol. The van der Waals surface area contributed by atoms with Gasteiger partial charge in [-0.1, -0.05) is 6.92 Å². The monoisotopic (exact) mass is 210 g/mol. The fourth-order valence-electron chi connectivity index (χ4n) is 1.75. The molecule has 1 N–H and O–H groups in total. The van der Waals surface area contributed by atoms with Crippen LogP contribution in [0.5, 0.6) is 0 Å². The van der Waals surface area contributed by atoms with Crippen molar-refractivity contribution in [2.45, 2.75) is 39.7 Å². The van der Waals surface area contributed by atoms with E-state index in [4.69, 9.17) is 0 Å². The van der Waals surface area contributed by atoms with Crippen molar-refractivity contribution in [1.82, 2.24) is 10.3 Å². The van der Waals surface area contributed by atoms with Crippen LogP contribution in [0, 0.1) is 12.3 Å². The van der Waals surface area contributed by atoms with Crippen LogP contribution in [0.25, 0.3) is 0 Å². The second kappa shape index (κ2) is 3.99. The maximum absolute atomic E-state index is 4.43. The Balaban J connectivity index is 1.73. The lowest BCUT2D eigenvalue weighted by molar-refractivity contribution is 0.443. The van der Waals surface area contributed by atoms with Crippen molar-refractivity contribution in [1.29, 1.82) is 0 Å². The third-order valence-corrected chi connectivity index (χ3v) is 4.12. The average molecular weight is 210 g/mol. The molecule has 1 aromatic heterocycles. The van der Waals surface area contributed by atoms with Gasteiger partial charge in [-0.3, -0.25) is 0 Å². The molecule has 2 nitrogen and oxygen atoms in total. The van der Waals surface area contributed by atoms with Gasteiger partial charge in [-0.15, -0.1) is 11.3 Å². The maximum Gasteiger partial charge on any atom is 0.107 e. The van der Waals surface area contributed by atoms with Crippen molar-refractivity contribution < 1.29 is 0 Å². The molecule has 1 saturated carbocycles. The molecule has 0 aromatic carbocycles. The molecule has 1 aliphatic carbocycles. The fourth-order valence-corrected chi connectivity index (χ4v) is 2.49. The van der Waals surface area contributed by atoms with Gasteiger partial charge in [0, 0.05) is 24.2 Å². The molecule has 0 unspecified atom stereocenters. The Morgan fingerprint density at radius 3 is 2.86 bits per heavy atom. The highest BCUT2D eigenvalue weighted by atomic mass is 32.1. The first-order valence-electron chi connectivity index (χ1n) is 5.36. The summed E-state index contributed by atoms with van der Waals surface area (Å²) >= 11 is 1.75. The molecular formula is C11H18N2S. The summed E-state index contributed by atoms with van der Waals surface area (Å²) in [6.45, 7) is 6.46. The molecule has 78 valence electrons. The summed E-state index contributed by atoms with van der Waals surface area (Å²) < 4.78 is 0. The number of rotatable bonds is 5. The lowest BCUT2D eigenvalue weighted by Crippen LogP contribution is -2.22. The van der Waals surface area contributed by atoms with Gasteiger partial charge >= 0.3 is 0 Å². The Bertz CT molecular complexity index is 302. The summed E-state index contributed by atoms with van der Waals surface area (Å²) in [5, 5.41) is 6.85. The van der Waals surface area contributed by atoms with Crippen LogP contribution in [0.1, 0.15) is 36.9 Å². The predicted octanol–water partition coefficient (Wildman–Crippen LogP) is 2.73. The van der Waals surface area contributed by atoms with Gasteiger partial charge in [0.05, 0.1) is 0 Å². The standard InChI is InChI=1S/C11H18N2S/c1-3-11(4-5-11)8-12-6-10-13-9(2)7-14-10/h7,12H,3-6,8H2,1-2H3. The number of aromatic nitrogens is 1. The van der Waals surface area contributed by atoms with Crippen LogP contribution in [0.3, 0.4) is 0 Å². The minimum absolute atomic E-state index is 0.645. The van der Waals surface area contributed by atoms with Crippen molar-refractivity contribution >= 4 is 11.3 Å². The van der Waals surface area contributed by atoms with E-state index in [9.17, 15) is 0 Å². The van der Waals surface area contributed by atoms with Gasteiger partial charge in [-0.2, -0.15) is 0 Å². The van der Waals surface area contributed by atoms with Crippen molar-refractivity contribution in [3.05, 3.63) is 16.1 Å². The highest BCUT2D eigenvalue weighted by Crippen LogP contribution is 2.47. The van der Waals surface area contributed by atoms with E-state index in [-0.39, 0.29) is 0 Å². The lowest BCUT2D eigenvalue weighted by atomic mass is 10.0. The number of thiazole rings is 1. The quantitative estimate of drug-likeness (QED) is 0.808. The zero-order valence-electron chi connectivity index (χ0n) is 8.97. The van der Waals surface area contributed by atoms with Crippen LogP contribution < -0.4 is 5.32 Å². The molecule has 0 bridgehead atoms. The zero-order valence-corrected chi connectivity index (χ0v) is 9.78. The number of aryl methyl sites for hydroxylation is 1. The SMILES string of the molecule is CCC1(CNCc2nc(C)cs2)CC1. The molecule has 0 aliphatic heterocycles. The van der Waals surface area contributed by atoms with Gasteiger partial charge in [0.25, 0.3) is 0 Å². The highest BCUT2D eigenvalue weighted by molar-refractivity contribution is 7.09. The van der Waals surface area contributed by atoms with Crippen molar-refractivity contribution in [2.75, 3.05) is 6.54 Å². The Kier molecular flexibility index (Phi) is 2.88. The van der Waals surface area contributed by atoms with Crippen LogP contribution in [-0.2, 0) is 6.54 Å². The van der Waals surface area contributed by atoms with E-state index in [1.165, 1.54) is 30.8 Å². The first kappa shape index (κ1) is 10.1. The normalized spacial score (nSPS) is 18.4. The topological polar surface area (TPSA) is 24.9 Å². The summed E-state index contributed by atoms with van der Waals surface area (Å²) in [4.78, 5) is 4.43. The molecule has 0 atom stereocenters. The summed E-state index contributed by atoms with van der Waals surface area (Å²) in [5.74, 6) is 0. The number of nitrogens with zero attached hydrogens (tertiary/aromatic N) is 1. The third-order valence-electron chi connectivity index (χ3n) is 3.15. The first-order chi connectivity index (χ1) is 6.74. The Morgan fingerprint density at radius 1 is 1.57 bits per heavy atom. The van der Waals surface area contributed by atoms with Crippen LogP contribution >= 0.6 is 11.3 Å². The lowest BCUT2D eigenvalue weighted by Gasteiger charge is -2.12. The molecule has 2 rings (SSSR count). The van der Waals surface area contributed by atoms with Crippen molar-refractivity contribution in [2.24, 2.45) is 5.41 Å². The number of hydrogen-bond acceptors (Lipinski definition) is 3. The van der Waals surface area contributed by atoms with Gasteiger partial charge in [0.1, 0.15) is 5.01 Å². The summed E-state index contributed by atoms with van der Waals surface area (Å²) in [6.07, 6.45) is 4.14. The third kappa shape index (κ3) is 2.34. The summed E-state index contributed by atoms with van der Waals surface area (Å²) in [6, 6.07) is 0. The first-order valence-corrected chi connectivity index (χ1v) is 6.24. The zero-order chi connectivity index (χ0) is 10.0. The van der Waals surface area contributed by atoms with Crippen molar-refractivity contribution in [3.8, 4) is 0 Å². The van der Waals surface area contributed by atoms with Crippen molar-refractivity contribution in [3.63, 3.8) is 0 Å². The molecule has 1 heterocycles. The van der Waals surface area contributed by atoms with Gasteiger partial charge in [0.2, 0.25) is 0 Å². The second-order valence-corrected chi connectivity index (χ2v) is 5.28. The Morgan fingerprint density at radius 2 is 2.36 bits per heavy atom. The minimum atomic E-state index is 0.645. The molecule has 3 heteroatoms. The maximum atomic E-state index is 4.43. The number of nitrogens with one attached hydrogen (secondary N) is 1. The van der Waals surface area contributed by atoms with E-state index in [1.807, 2.05) is 0 Å². The largest absolute Gasteiger partial charge is 0.310 e. The summed E-state index contributed by atoms with van der Waals surface area (Å²) in [5.41, 5.74) is 1.79. The molecule has 0 spiro atoms. The second-order valence-electron chi connectivity index (χ2n) is 4.34. The minimum Gasteiger partial charge on any atom is -0.310 e. The number of hydrogen-bond donors (Lipinski definition) is 1. The van der Waals surface area contributed by atoms with Gasteiger partial charge < -0.3 is 5.32 Å². The van der Waals surface area contributed by atoms with Crippen LogP contribution in [-0.4, -0.2) is 11.5 Å². The van der Waals surface area contributed by atoms with E-state index in [2.05, 4.69) is 29.5 Å². The Hall–Kier alpha value is -0.410. The molecule has 1 aliphatic rings. The molecule has 0 saturated heterocycles. The Labute approximate surface area is 89.8 Å². The van der Waals surface area contributed by atoms with E-state index >= 15 is 0 Å². The summed E-state index contributed by atoms with van der Waals surface area (Å²) in [7, 11) is 0. The van der Waals surface area contributed by atoms with E-state index < -0.39 is 0 Å². The van der Waals surface area contributed by atoms with Gasteiger partial charge in [0.15, 0.2) is 0 Å². The van der Waals surface area contributed by atoms with E-state index in [0.29, 0.717) is 5.41 Å². The molecule has 14 heavy (non-hydrogen) atoms. The highest BCUT2D eigenvalue weighted by Gasteiger charge is 2.39. The van der Waals surface area contributed by atoms with Crippen LogP contribution in [0.4, 0.5) is 0 Å². The molecular weight excluding hydrogens is 192 g/mol. The molecule has 0 radical (unpaired) electrons. The smallest absolute Gasteiger partial charge is 0.107 e. The fraction of sp³-hybridized carbons (Fsp3) is 0.727. The molecule has 0 amide bonds. The van der Waals surface area contributed by atoms with Gasteiger partial charge in [-0.05, 0) is 31.6 Å². The van der Waals surface area contributed by atoms with E-state index in [1.54, 1.807) is 11.3 Å².